The number of aliphatic imine (C=N–C) groups is 1. The lowest BCUT2D eigenvalue weighted by molar-refractivity contribution is -0.143. The molecule has 2 atom stereocenters. The highest BCUT2D eigenvalue weighted by atomic mass is 32.2. The number of hydrogen-bond acceptors (Lipinski definition) is 5. The average molecular weight is 387 g/mol. The molecule has 144 valence electrons. The SMILES string of the molecule is CC1=C(C(=O)OC(C)C)C(c2ccc(C(C)C)cc2)N2C(=O)C(C)SC2=N1. The van der Waals surface area contributed by atoms with Crippen molar-refractivity contribution in [1.82, 2.24) is 4.90 Å². The van der Waals surface area contributed by atoms with Crippen LogP contribution in [0.5, 0.6) is 0 Å². The maximum absolute atomic E-state index is 12.9. The maximum atomic E-state index is 12.9. The zero-order chi connectivity index (χ0) is 19.9. The number of hydrogen-bond donors (Lipinski definition) is 0. The van der Waals surface area contributed by atoms with Crippen LogP contribution in [-0.2, 0) is 14.3 Å². The Morgan fingerprint density at radius 2 is 1.81 bits per heavy atom. The molecule has 0 N–H and O–H groups in total. The molecule has 2 aliphatic rings. The number of carbonyl (C=O) groups excluding carboxylic acids is 2. The van der Waals surface area contributed by atoms with Gasteiger partial charge in [-0.1, -0.05) is 49.9 Å². The normalized spacial score (nSPS) is 22.4. The number of fused-ring (bicyclic) bond motifs is 1. The van der Waals surface area contributed by atoms with Crippen LogP contribution >= 0.6 is 11.8 Å². The predicted molar refractivity (Wildman–Crippen MR) is 109 cm³/mol. The molecule has 0 saturated carbocycles. The highest BCUT2D eigenvalue weighted by Crippen LogP contribution is 2.43. The van der Waals surface area contributed by atoms with Crippen molar-refractivity contribution in [2.75, 3.05) is 0 Å². The lowest BCUT2D eigenvalue weighted by atomic mass is 9.92. The molecular weight excluding hydrogens is 360 g/mol. The standard InChI is InChI=1S/C21H26N2O3S/c1-11(2)15-7-9-16(10-8-15)18-17(20(25)26-12(3)4)13(5)22-21-23(18)19(24)14(6)27-21/h7-12,14,18H,1-6H3. The van der Waals surface area contributed by atoms with Gasteiger partial charge in [0, 0.05) is 0 Å². The summed E-state index contributed by atoms with van der Waals surface area (Å²) in [5.41, 5.74) is 3.16. The van der Waals surface area contributed by atoms with Crippen LogP contribution in [-0.4, -0.2) is 33.3 Å². The number of rotatable bonds is 4. The van der Waals surface area contributed by atoms with Crippen LogP contribution in [0.15, 0.2) is 40.5 Å². The van der Waals surface area contributed by atoms with Crippen LogP contribution in [0.4, 0.5) is 0 Å². The molecule has 1 fully saturated rings. The molecular formula is C21H26N2O3S. The Bertz CT molecular complexity index is 824. The largest absolute Gasteiger partial charge is 0.459 e. The summed E-state index contributed by atoms with van der Waals surface area (Å²) in [6.07, 6.45) is -0.241. The number of carbonyl (C=O) groups is 2. The first-order chi connectivity index (χ1) is 12.7. The fraction of sp³-hybridized carbons (Fsp3) is 0.476. The van der Waals surface area contributed by atoms with Gasteiger partial charge in [-0.15, -0.1) is 0 Å². The minimum atomic E-state index is -0.505. The first-order valence-corrected chi connectivity index (χ1v) is 10.2. The fourth-order valence-electron chi connectivity index (χ4n) is 3.32. The molecule has 1 aromatic carbocycles. The van der Waals surface area contributed by atoms with Crippen LogP contribution in [0, 0.1) is 0 Å². The summed E-state index contributed by atoms with van der Waals surface area (Å²) in [5, 5.41) is 0.443. The number of esters is 1. The summed E-state index contributed by atoms with van der Waals surface area (Å²) >= 11 is 1.44. The van der Waals surface area contributed by atoms with Gasteiger partial charge >= 0.3 is 5.97 Å². The molecule has 5 nitrogen and oxygen atoms in total. The van der Waals surface area contributed by atoms with E-state index in [0.29, 0.717) is 22.4 Å². The monoisotopic (exact) mass is 386 g/mol. The Labute approximate surface area is 164 Å². The molecule has 2 unspecified atom stereocenters. The second-order valence-corrected chi connectivity index (χ2v) is 8.85. The third kappa shape index (κ3) is 3.68. The molecule has 0 aliphatic carbocycles. The van der Waals surface area contributed by atoms with E-state index in [4.69, 9.17) is 4.74 Å². The van der Waals surface area contributed by atoms with E-state index >= 15 is 0 Å². The van der Waals surface area contributed by atoms with Gasteiger partial charge in [0.2, 0.25) is 5.91 Å². The van der Waals surface area contributed by atoms with Crippen molar-refractivity contribution >= 4 is 28.8 Å². The first kappa shape index (κ1) is 19.7. The molecule has 0 aromatic heterocycles. The van der Waals surface area contributed by atoms with E-state index in [1.54, 1.807) is 4.90 Å². The molecule has 0 spiro atoms. The van der Waals surface area contributed by atoms with Gasteiger partial charge in [-0.2, -0.15) is 0 Å². The number of nitrogens with zero attached hydrogens (tertiary/aromatic N) is 2. The van der Waals surface area contributed by atoms with E-state index in [9.17, 15) is 9.59 Å². The van der Waals surface area contributed by atoms with E-state index in [-0.39, 0.29) is 17.3 Å². The van der Waals surface area contributed by atoms with Crippen LogP contribution in [0.25, 0.3) is 0 Å². The van der Waals surface area contributed by atoms with Crippen molar-refractivity contribution in [1.29, 1.82) is 0 Å². The Balaban J connectivity index is 2.10. The number of amidine groups is 1. The molecule has 2 heterocycles. The van der Waals surface area contributed by atoms with Crippen LogP contribution in [0.1, 0.15) is 64.6 Å². The lowest BCUT2D eigenvalue weighted by Crippen LogP contribution is -2.40. The minimum absolute atomic E-state index is 0.0287. The van der Waals surface area contributed by atoms with Crippen LogP contribution < -0.4 is 0 Å². The van der Waals surface area contributed by atoms with Gasteiger partial charge in [0.1, 0.15) is 0 Å². The second-order valence-electron chi connectivity index (χ2n) is 7.54. The molecule has 1 amide bonds. The number of benzene rings is 1. The van der Waals surface area contributed by atoms with Crippen molar-refractivity contribution < 1.29 is 14.3 Å². The van der Waals surface area contributed by atoms with Gasteiger partial charge in [-0.25, -0.2) is 9.79 Å². The summed E-state index contributed by atoms with van der Waals surface area (Å²) in [4.78, 5) is 31.9. The number of allylic oxidation sites excluding steroid dienone is 1. The van der Waals surface area contributed by atoms with Gasteiger partial charge in [0.25, 0.3) is 0 Å². The summed E-state index contributed by atoms with van der Waals surface area (Å²) in [5.74, 6) is -0.0335. The van der Waals surface area contributed by atoms with E-state index in [1.165, 1.54) is 17.3 Å². The van der Waals surface area contributed by atoms with Crippen molar-refractivity contribution in [3.05, 3.63) is 46.7 Å². The summed E-state index contributed by atoms with van der Waals surface area (Å²) in [6.45, 7) is 11.6. The second kappa shape index (κ2) is 7.50. The lowest BCUT2D eigenvalue weighted by Gasteiger charge is -2.33. The van der Waals surface area contributed by atoms with Crippen molar-refractivity contribution in [2.24, 2.45) is 4.99 Å². The quantitative estimate of drug-likeness (QED) is 0.719. The van der Waals surface area contributed by atoms with Crippen LogP contribution in [0.3, 0.4) is 0 Å². The third-order valence-corrected chi connectivity index (χ3v) is 5.79. The van der Waals surface area contributed by atoms with Crippen molar-refractivity contribution in [2.45, 2.75) is 64.9 Å². The van der Waals surface area contributed by atoms with Gasteiger partial charge in [-0.05, 0) is 44.7 Å². The average Bonchev–Trinajstić information content (AvgIpc) is 2.87. The third-order valence-electron chi connectivity index (χ3n) is 4.74. The Kier molecular flexibility index (Phi) is 5.47. The van der Waals surface area contributed by atoms with Crippen molar-refractivity contribution in [3.63, 3.8) is 0 Å². The van der Waals surface area contributed by atoms with Crippen LogP contribution in [0.2, 0.25) is 0 Å². The molecule has 0 radical (unpaired) electrons. The van der Waals surface area contributed by atoms with Gasteiger partial charge < -0.3 is 4.74 Å². The van der Waals surface area contributed by atoms with E-state index in [1.807, 2.05) is 39.8 Å². The van der Waals surface area contributed by atoms with E-state index in [0.717, 1.165) is 5.56 Å². The molecule has 27 heavy (non-hydrogen) atoms. The van der Waals surface area contributed by atoms with Crippen molar-refractivity contribution in [3.8, 4) is 0 Å². The number of ether oxygens (including phenoxy) is 1. The summed E-state index contributed by atoms with van der Waals surface area (Å²) in [7, 11) is 0. The molecule has 6 heteroatoms. The number of thioether (sulfide) groups is 1. The van der Waals surface area contributed by atoms with Gasteiger partial charge in [0.15, 0.2) is 5.17 Å². The number of amides is 1. The fourth-order valence-corrected chi connectivity index (χ4v) is 4.35. The maximum Gasteiger partial charge on any atom is 0.338 e. The predicted octanol–water partition coefficient (Wildman–Crippen LogP) is 4.41. The van der Waals surface area contributed by atoms with E-state index < -0.39 is 12.0 Å². The zero-order valence-electron chi connectivity index (χ0n) is 16.6. The zero-order valence-corrected chi connectivity index (χ0v) is 17.5. The van der Waals surface area contributed by atoms with E-state index in [2.05, 4.69) is 31.0 Å². The molecule has 3 rings (SSSR count). The highest BCUT2D eigenvalue weighted by Gasteiger charge is 2.46. The molecule has 2 aliphatic heterocycles. The Morgan fingerprint density at radius 1 is 1.19 bits per heavy atom. The highest BCUT2D eigenvalue weighted by molar-refractivity contribution is 8.15. The first-order valence-electron chi connectivity index (χ1n) is 9.30. The molecule has 0 bridgehead atoms. The molecule has 1 saturated heterocycles. The Hall–Kier alpha value is -2.08. The van der Waals surface area contributed by atoms with Gasteiger partial charge in [0.05, 0.1) is 28.7 Å². The minimum Gasteiger partial charge on any atom is -0.459 e. The topological polar surface area (TPSA) is 59.0 Å². The summed E-state index contributed by atoms with van der Waals surface area (Å²) < 4.78 is 5.47. The smallest absolute Gasteiger partial charge is 0.338 e. The summed E-state index contributed by atoms with van der Waals surface area (Å²) in [6, 6.07) is 7.61. The van der Waals surface area contributed by atoms with Gasteiger partial charge in [-0.3, -0.25) is 9.69 Å². The Morgan fingerprint density at radius 3 is 2.37 bits per heavy atom. The molecule has 1 aromatic rings.